The second kappa shape index (κ2) is 1.49. The predicted molar refractivity (Wildman–Crippen MR) is 25.1 cm³/mol. The summed E-state index contributed by atoms with van der Waals surface area (Å²) in [6, 6.07) is 0. The van der Waals surface area contributed by atoms with Crippen molar-refractivity contribution in [1.82, 2.24) is 0 Å². The summed E-state index contributed by atoms with van der Waals surface area (Å²) in [6.07, 6.45) is 3.60. The van der Waals surface area contributed by atoms with Crippen molar-refractivity contribution in [2.24, 2.45) is 10.2 Å². The van der Waals surface area contributed by atoms with Crippen molar-refractivity contribution in [2.75, 3.05) is 0 Å². The molecule has 0 bridgehead atoms. The maximum absolute atomic E-state index is 9.63. The summed E-state index contributed by atoms with van der Waals surface area (Å²) in [5.74, 6) is 1.58. The van der Waals surface area contributed by atoms with E-state index in [9.17, 15) is 4.79 Å². The fourth-order valence-corrected chi connectivity index (χ4v) is 0.247. The van der Waals surface area contributed by atoms with Gasteiger partial charge in [0.2, 0.25) is 0 Å². The molecule has 0 N–H and O–H groups in total. The molecule has 1 aliphatic rings. The Balaban J connectivity index is 3.00. The minimum absolute atomic E-state index is 0.278. The van der Waals surface area contributed by atoms with E-state index in [4.69, 9.17) is 0 Å². The Kier molecular flexibility index (Phi) is 0.845. The molecule has 3 heteroatoms. The Morgan fingerprint density at radius 1 is 1.86 bits per heavy atom. The summed E-state index contributed by atoms with van der Waals surface area (Å²) >= 11 is 0. The second-order valence-electron chi connectivity index (χ2n) is 0.972. The Morgan fingerprint density at radius 3 is 3.00 bits per heavy atom. The van der Waals surface area contributed by atoms with E-state index in [0.29, 0.717) is 0 Å². The lowest BCUT2D eigenvalue weighted by Gasteiger charge is -1.76. The van der Waals surface area contributed by atoms with Crippen molar-refractivity contribution in [3.05, 3.63) is 5.57 Å². The zero-order chi connectivity index (χ0) is 5.11. The Hall–Kier alpha value is -1.21. The molecule has 0 aromatic heterocycles. The third-order valence-corrected chi connectivity index (χ3v) is 0.525. The van der Waals surface area contributed by atoms with Gasteiger partial charge in [-0.05, 0) is 18.4 Å². The monoisotopic (exact) mass is 93.0 g/mol. The standard InChI is InChI=1S/C4HN2O/c7-3-4-1-5-6-2-4/h1H/q-1. The van der Waals surface area contributed by atoms with Crippen LogP contribution in [0.1, 0.15) is 0 Å². The number of hydrogen-bond donors (Lipinski definition) is 0. The SMILES string of the molecule is O=C=C1[C-]=NN=C1. The van der Waals surface area contributed by atoms with Gasteiger partial charge in [-0.15, -0.1) is 0 Å². The van der Waals surface area contributed by atoms with E-state index in [0.717, 1.165) is 0 Å². The summed E-state index contributed by atoms with van der Waals surface area (Å²) in [6.45, 7) is 0. The molecule has 0 fully saturated rings. The van der Waals surface area contributed by atoms with Crippen LogP contribution in [0.25, 0.3) is 0 Å². The minimum Gasteiger partial charge on any atom is -0.322 e. The first-order valence-electron chi connectivity index (χ1n) is 1.67. The van der Waals surface area contributed by atoms with E-state index in [2.05, 4.69) is 16.4 Å². The third kappa shape index (κ3) is 0.614. The van der Waals surface area contributed by atoms with Gasteiger partial charge in [0.1, 0.15) is 0 Å². The first-order chi connectivity index (χ1) is 3.43. The number of carbonyl (C=O) groups excluding carboxylic acids is 1. The lowest BCUT2D eigenvalue weighted by Crippen LogP contribution is -1.77. The molecular formula is C4HN2O-. The van der Waals surface area contributed by atoms with Crippen LogP contribution in [0.2, 0.25) is 0 Å². The van der Waals surface area contributed by atoms with Crippen LogP contribution in [0, 0.1) is 0 Å². The van der Waals surface area contributed by atoms with E-state index >= 15 is 0 Å². The molecule has 0 aromatic carbocycles. The van der Waals surface area contributed by atoms with Gasteiger partial charge < -0.3 is 4.79 Å². The van der Waals surface area contributed by atoms with E-state index in [-0.39, 0.29) is 5.57 Å². The highest BCUT2D eigenvalue weighted by molar-refractivity contribution is 6.13. The topological polar surface area (TPSA) is 41.8 Å². The molecule has 0 atom stereocenters. The fraction of sp³-hybridized carbons (Fsp3) is 0. The van der Waals surface area contributed by atoms with Gasteiger partial charge in [-0.25, -0.2) is 10.2 Å². The lowest BCUT2D eigenvalue weighted by atomic mass is 10.4. The normalized spacial score (nSPS) is 15.1. The summed E-state index contributed by atoms with van der Waals surface area (Å²) in [4.78, 5) is 9.63. The number of nitrogens with zero attached hydrogens (tertiary/aromatic N) is 2. The molecule has 1 rings (SSSR count). The molecule has 1 heterocycles. The van der Waals surface area contributed by atoms with Crippen molar-refractivity contribution in [3.63, 3.8) is 0 Å². The molecule has 1 aliphatic heterocycles. The molecular weight excluding hydrogens is 92.1 g/mol. The highest BCUT2D eigenvalue weighted by atomic mass is 16.1. The summed E-state index contributed by atoms with van der Waals surface area (Å²) < 4.78 is 0. The summed E-state index contributed by atoms with van der Waals surface area (Å²) in [5.41, 5.74) is 0.278. The maximum atomic E-state index is 9.63. The van der Waals surface area contributed by atoms with Gasteiger partial charge in [0.25, 0.3) is 0 Å². The summed E-state index contributed by atoms with van der Waals surface area (Å²) in [7, 11) is 0. The smallest absolute Gasteiger partial charge is 0.0359 e. The van der Waals surface area contributed by atoms with E-state index in [1.807, 2.05) is 0 Å². The van der Waals surface area contributed by atoms with E-state index in [1.165, 1.54) is 6.21 Å². The zero-order valence-corrected chi connectivity index (χ0v) is 3.38. The van der Waals surface area contributed by atoms with Gasteiger partial charge in [0.15, 0.2) is 0 Å². The van der Waals surface area contributed by atoms with Crippen molar-refractivity contribution >= 4 is 18.4 Å². The van der Waals surface area contributed by atoms with Crippen LogP contribution < -0.4 is 0 Å². The lowest BCUT2D eigenvalue weighted by molar-refractivity contribution is 0.569. The molecule has 0 saturated heterocycles. The van der Waals surface area contributed by atoms with E-state index in [1.54, 1.807) is 5.94 Å². The van der Waals surface area contributed by atoms with Crippen molar-refractivity contribution in [2.45, 2.75) is 0 Å². The molecule has 34 valence electrons. The third-order valence-electron chi connectivity index (χ3n) is 0.525. The average molecular weight is 93.1 g/mol. The Labute approximate surface area is 40.1 Å². The van der Waals surface area contributed by atoms with Gasteiger partial charge in [-0.2, -0.15) is 0 Å². The molecule has 0 spiro atoms. The fourth-order valence-electron chi connectivity index (χ4n) is 0.247. The summed E-state index contributed by atoms with van der Waals surface area (Å²) in [5, 5.41) is 6.58. The Bertz CT molecular complexity index is 160. The van der Waals surface area contributed by atoms with Gasteiger partial charge in [0, 0.05) is 0 Å². The van der Waals surface area contributed by atoms with Crippen LogP contribution in [0.15, 0.2) is 15.8 Å². The maximum Gasteiger partial charge on any atom is -0.0359 e. The van der Waals surface area contributed by atoms with Crippen LogP contribution in [-0.2, 0) is 4.79 Å². The first-order valence-corrected chi connectivity index (χ1v) is 1.67. The van der Waals surface area contributed by atoms with Gasteiger partial charge in [-0.3, -0.25) is 0 Å². The molecule has 3 nitrogen and oxygen atoms in total. The van der Waals surface area contributed by atoms with Crippen LogP contribution in [-0.4, -0.2) is 18.4 Å². The first kappa shape index (κ1) is 3.96. The quantitative estimate of drug-likeness (QED) is 0.299. The molecule has 0 unspecified atom stereocenters. The van der Waals surface area contributed by atoms with Gasteiger partial charge >= 0.3 is 0 Å². The van der Waals surface area contributed by atoms with Crippen molar-refractivity contribution < 1.29 is 4.79 Å². The number of hydrogen-bond acceptors (Lipinski definition) is 3. The highest BCUT2D eigenvalue weighted by Crippen LogP contribution is 1.86. The Morgan fingerprint density at radius 2 is 2.71 bits per heavy atom. The second-order valence-corrected chi connectivity index (χ2v) is 0.972. The van der Waals surface area contributed by atoms with Crippen molar-refractivity contribution in [1.29, 1.82) is 0 Å². The van der Waals surface area contributed by atoms with Gasteiger partial charge in [-0.1, -0.05) is 5.57 Å². The molecule has 0 radical (unpaired) electrons. The minimum atomic E-state index is 0.278. The van der Waals surface area contributed by atoms with Gasteiger partial charge in [0.05, 0.1) is 0 Å². The highest BCUT2D eigenvalue weighted by Gasteiger charge is 1.77. The average Bonchev–Trinajstić information content (AvgIpc) is 2.14. The number of allylic oxidation sites excluding steroid dienone is 1. The predicted octanol–water partition coefficient (Wildman–Crippen LogP) is -0.308. The van der Waals surface area contributed by atoms with Crippen LogP contribution in [0.5, 0.6) is 0 Å². The number of rotatable bonds is 0. The van der Waals surface area contributed by atoms with Crippen LogP contribution in [0.4, 0.5) is 0 Å². The van der Waals surface area contributed by atoms with Crippen LogP contribution in [0.3, 0.4) is 0 Å². The van der Waals surface area contributed by atoms with Crippen molar-refractivity contribution in [3.8, 4) is 0 Å². The largest absolute Gasteiger partial charge is 0.322 e. The molecule has 7 heavy (non-hydrogen) atoms. The van der Waals surface area contributed by atoms with E-state index < -0.39 is 0 Å². The van der Waals surface area contributed by atoms with Crippen LogP contribution >= 0.6 is 0 Å². The molecule has 0 aromatic rings. The molecule has 0 aliphatic carbocycles. The molecule has 0 amide bonds. The molecule has 0 saturated carbocycles. The zero-order valence-electron chi connectivity index (χ0n) is 3.38.